The molecular weight excluding hydrogens is 176 g/mol. The molecule has 2 heterocycles. The quantitative estimate of drug-likeness (QED) is 0.694. The van der Waals surface area contributed by atoms with Gasteiger partial charge in [-0.1, -0.05) is 0 Å². The number of hydrogen-bond acceptors (Lipinski definition) is 4. The average molecular weight is 192 g/mol. The van der Waals surface area contributed by atoms with Crippen molar-refractivity contribution < 1.29 is 0 Å². The minimum absolute atomic E-state index is 0.543. The Morgan fingerprint density at radius 1 is 1.57 bits per heavy atom. The molecule has 1 fully saturated rings. The summed E-state index contributed by atoms with van der Waals surface area (Å²) in [6, 6.07) is 2.56. The maximum absolute atomic E-state index is 5.80. The molecule has 0 aromatic carbocycles. The zero-order valence-corrected chi connectivity index (χ0v) is 8.40. The van der Waals surface area contributed by atoms with Crippen molar-refractivity contribution in [3.63, 3.8) is 0 Å². The molecule has 1 aliphatic rings. The lowest BCUT2D eigenvalue weighted by atomic mass is 9.87. The molecule has 0 aliphatic carbocycles. The molecule has 0 radical (unpaired) electrons. The molecule has 4 nitrogen and oxygen atoms in total. The molecule has 76 valence electrons. The Morgan fingerprint density at radius 2 is 2.43 bits per heavy atom. The summed E-state index contributed by atoms with van der Waals surface area (Å²) in [5.41, 5.74) is 6.96. The highest BCUT2D eigenvalue weighted by Gasteiger charge is 2.21. The van der Waals surface area contributed by atoms with Gasteiger partial charge in [0.15, 0.2) is 0 Å². The van der Waals surface area contributed by atoms with E-state index in [0.717, 1.165) is 24.9 Å². The Labute approximate surface area is 83.9 Å². The van der Waals surface area contributed by atoms with Crippen LogP contribution in [0.2, 0.25) is 0 Å². The molecule has 1 aliphatic heterocycles. The predicted octanol–water partition coefficient (Wildman–Crippen LogP) is 0.914. The number of aromatic nitrogens is 2. The lowest BCUT2D eigenvalue weighted by molar-refractivity contribution is 0.381. The zero-order chi connectivity index (χ0) is 9.97. The van der Waals surface area contributed by atoms with Gasteiger partial charge in [0.05, 0.1) is 6.20 Å². The Morgan fingerprint density at radius 3 is 3.14 bits per heavy atom. The van der Waals surface area contributed by atoms with Gasteiger partial charge in [0.25, 0.3) is 0 Å². The SMILES string of the molecule is CC1CC(c2ccnnc2N)CCN1. The topological polar surface area (TPSA) is 63.8 Å². The maximum atomic E-state index is 5.80. The molecular formula is C10H16N4. The number of anilines is 1. The van der Waals surface area contributed by atoms with Gasteiger partial charge in [-0.25, -0.2) is 0 Å². The fraction of sp³-hybridized carbons (Fsp3) is 0.600. The van der Waals surface area contributed by atoms with Crippen molar-refractivity contribution in [1.82, 2.24) is 15.5 Å². The summed E-state index contributed by atoms with van der Waals surface area (Å²) in [6.07, 6.45) is 3.99. The van der Waals surface area contributed by atoms with Crippen molar-refractivity contribution in [3.8, 4) is 0 Å². The van der Waals surface area contributed by atoms with Gasteiger partial charge in [-0.3, -0.25) is 0 Å². The van der Waals surface area contributed by atoms with E-state index in [9.17, 15) is 0 Å². The van der Waals surface area contributed by atoms with Gasteiger partial charge in [0.1, 0.15) is 5.82 Å². The molecule has 0 bridgehead atoms. The number of piperidine rings is 1. The van der Waals surface area contributed by atoms with Gasteiger partial charge in [-0.2, -0.15) is 5.10 Å². The molecule has 0 amide bonds. The van der Waals surface area contributed by atoms with Crippen LogP contribution in [-0.2, 0) is 0 Å². The van der Waals surface area contributed by atoms with E-state index in [2.05, 4.69) is 22.4 Å². The van der Waals surface area contributed by atoms with E-state index in [4.69, 9.17) is 5.73 Å². The molecule has 1 aromatic heterocycles. The Kier molecular flexibility index (Phi) is 2.63. The van der Waals surface area contributed by atoms with Crippen LogP contribution < -0.4 is 11.1 Å². The number of nitrogens with two attached hydrogens (primary N) is 1. The predicted molar refractivity (Wildman–Crippen MR) is 55.9 cm³/mol. The van der Waals surface area contributed by atoms with Crippen LogP contribution in [0.5, 0.6) is 0 Å². The second kappa shape index (κ2) is 3.92. The van der Waals surface area contributed by atoms with E-state index >= 15 is 0 Å². The molecule has 4 heteroatoms. The van der Waals surface area contributed by atoms with E-state index in [1.165, 1.54) is 0 Å². The molecule has 2 unspecified atom stereocenters. The third kappa shape index (κ3) is 1.85. The van der Waals surface area contributed by atoms with Gasteiger partial charge in [0.2, 0.25) is 0 Å². The summed E-state index contributed by atoms with van der Waals surface area (Å²) >= 11 is 0. The van der Waals surface area contributed by atoms with Crippen LogP contribution >= 0.6 is 0 Å². The third-order valence-corrected chi connectivity index (χ3v) is 2.85. The van der Waals surface area contributed by atoms with Crippen molar-refractivity contribution in [1.29, 1.82) is 0 Å². The van der Waals surface area contributed by atoms with Crippen LogP contribution in [0, 0.1) is 0 Å². The molecule has 1 aromatic rings. The van der Waals surface area contributed by atoms with Gasteiger partial charge in [0, 0.05) is 11.6 Å². The second-order valence-corrected chi connectivity index (χ2v) is 3.95. The van der Waals surface area contributed by atoms with E-state index in [1.54, 1.807) is 6.20 Å². The van der Waals surface area contributed by atoms with Crippen molar-refractivity contribution in [2.24, 2.45) is 0 Å². The first kappa shape index (κ1) is 9.40. The van der Waals surface area contributed by atoms with Gasteiger partial charge in [-0.15, -0.1) is 5.10 Å². The van der Waals surface area contributed by atoms with Crippen molar-refractivity contribution in [2.45, 2.75) is 31.7 Å². The number of nitrogens with one attached hydrogen (secondary N) is 1. The molecule has 3 N–H and O–H groups in total. The highest BCUT2D eigenvalue weighted by atomic mass is 15.1. The minimum atomic E-state index is 0.543. The number of nitrogens with zero attached hydrogens (tertiary/aromatic N) is 2. The van der Waals surface area contributed by atoms with Crippen LogP contribution in [0.25, 0.3) is 0 Å². The summed E-state index contributed by atoms with van der Waals surface area (Å²) < 4.78 is 0. The number of nitrogen functional groups attached to an aromatic ring is 1. The van der Waals surface area contributed by atoms with Crippen LogP contribution in [0.3, 0.4) is 0 Å². The van der Waals surface area contributed by atoms with Crippen molar-refractivity contribution >= 4 is 5.82 Å². The number of rotatable bonds is 1. The summed E-state index contributed by atoms with van der Waals surface area (Å²) in [7, 11) is 0. The third-order valence-electron chi connectivity index (χ3n) is 2.85. The summed E-state index contributed by atoms with van der Waals surface area (Å²) in [4.78, 5) is 0. The average Bonchev–Trinajstić information content (AvgIpc) is 2.18. The molecule has 0 saturated carbocycles. The van der Waals surface area contributed by atoms with Crippen LogP contribution in [0.4, 0.5) is 5.82 Å². The fourth-order valence-electron chi connectivity index (χ4n) is 2.11. The van der Waals surface area contributed by atoms with Crippen LogP contribution in [0.15, 0.2) is 12.3 Å². The Hall–Kier alpha value is -1.16. The van der Waals surface area contributed by atoms with Gasteiger partial charge < -0.3 is 11.1 Å². The van der Waals surface area contributed by atoms with E-state index in [0.29, 0.717) is 17.8 Å². The highest BCUT2D eigenvalue weighted by molar-refractivity contribution is 5.40. The first-order chi connectivity index (χ1) is 6.77. The van der Waals surface area contributed by atoms with E-state index in [-0.39, 0.29) is 0 Å². The zero-order valence-electron chi connectivity index (χ0n) is 8.40. The Bertz CT molecular complexity index is 313. The lowest BCUT2D eigenvalue weighted by Gasteiger charge is -2.28. The van der Waals surface area contributed by atoms with Crippen LogP contribution in [0.1, 0.15) is 31.2 Å². The maximum Gasteiger partial charge on any atom is 0.149 e. The fourth-order valence-corrected chi connectivity index (χ4v) is 2.11. The standard InChI is InChI=1S/C10H16N4/c1-7-6-8(2-4-12-7)9-3-5-13-14-10(9)11/h3,5,7-8,12H,2,4,6H2,1H3,(H2,11,14). The van der Waals surface area contributed by atoms with E-state index in [1.807, 2.05) is 6.07 Å². The normalized spacial score (nSPS) is 27.5. The molecule has 2 rings (SSSR count). The van der Waals surface area contributed by atoms with Crippen LogP contribution in [-0.4, -0.2) is 22.8 Å². The van der Waals surface area contributed by atoms with Gasteiger partial charge >= 0.3 is 0 Å². The van der Waals surface area contributed by atoms with Gasteiger partial charge in [-0.05, 0) is 38.3 Å². The molecule has 14 heavy (non-hydrogen) atoms. The summed E-state index contributed by atoms with van der Waals surface area (Å²) in [6.45, 7) is 3.27. The monoisotopic (exact) mass is 192 g/mol. The smallest absolute Gasteiger partial charge is 0.149 e. The molecule has 0 spiro atoms. The first-order valence-electron chi connectivity index (χ1n) is 5.08. The largest absolute Gasteiger partial charge is 0.382 e. The minimum Gasteiger partial charge on any atom is -0.382 e. The molecule has 2 atom stereocenters. The first-order valence-corrected chi connectivity index (χ1v) is 5.08. The highest BCUT2D eigenvalue weighted by Crippen LogP contribution is 2.29. The summed E-state index contributed by atoms with van der Waals surface area (Å²) in [5, 5.41) is 11.1. The lowest BCUT2D eigenvalue weighted by Crippen LogP contribution is -2.35. The summed E-state index contributed by atoms with van der Waals surface area (Å²) in [5.74, 6) is 1.13. The molecule has 1 saturated heterocycles. The number of hydrogen-bond donors (Lipinski definition) is 2. The second-order valence-electron chi connectivity index (χ2n) is 3.95. The van der Waals surface area contributed by atoms with E-state index < -0.39 is 0 Å². The Balaban J connectivity index is 2.18. The van der Waals surface area contributed by atoms with Crippen molar-refractivity contribution in [3.05, 3.63) is 17.8 Å². The van der Waals surface area contributed by atoms with Crippen molar-refractivity contribution in [2.75, 3.05) is 12.3 Å².